The molecule has 0 bridgehead atoms. The van der Waals surface area contributed by atoms with Gasteiger partial charge in [0, 0.05) is 17.4 Å². The number of nitrogen functional groups attached to an aromatic ring is 1. The molecule has 1 heterocycles. The molecule has 2 aromatic rings. The largest absolute Gasteiger partial charge is 0.399 e. The van der Waals surface area contributed by atoms with Crippen molar-refractivity contribution >= 4 is 5.69 Å². The van der Waals surface area contributed by atoms with Gasteiger partial charge in [-0.25, -0.2) is 4.39 Å². The van der Waals surface area contributed by atoms with Crippen molar-refractivity contribution in [2.24, 2.45) is 5.92 Å². The Morgan fingerprint density at radius 3 is 2.54 bits per heavy atom. The first kappa shape index (κ1) is 16.9. The van der Waals surface area contributed by atoms with Gasteiger partial charge in [-0.3, -0.25) is 4.98 Å². The van der Waals surface area contributed by atoms with Crippen LogP contribution in [0.15, 0.2) is 36.5 Å². The third-order valence-corrected chi connectivity index (χ3v) is 5.29. The summed E-state index contributed by atoms with van der Waals surface area (Å²) < 4.78 is 13.5. The zero-order chi connectivity index (χ0) is 16.9. The van der Waals surface area contributed by atoms with Crippen molar-refractivity contribution in [3.05, 3.63) is 47.9 Å². The molecule has 3 heteroatoms. The van der Waals surface area contributed by atoms with E-state index < -0.39 is 0 Å². The molecule has 0 spiro atoms. The number of nitrogens with zero attached hydrogens (tertiary/aromatic N) is 1. The highest BCUT2D eigenvalue weighted by molar-refractivity contribution is 5.64. The topological polar surface area (TPSA) is 38.9 Å². The molecule has 24 heavy (non-hydrogen) atoms. The minimum atomic E-state index is -0.318. The van der Waals surface area contributed by atoms with Crippen LogP contribution in [0.2, 0.25) is 0 Å². The number of pyridine rings is 1. The van der Waals surface area contributed by atoms with Gasteiger partial charge in [0.15, 0.2) is 0 Å². The summed E-state index contributed by atoms with van der Waals surface area (Å²) in [5.74, 6) is 1.23. The van der Waals surface area contributed by atoms with Gasteiger partial charge < -0.3 is 5.73 Å². The summed E-state index contributed by atoms with van der Waals surface area (Å²) in [4.78, 5) is 4.55. The third kappa shape index (κ3) is 4.14. The maximum Gasteiger partial charge on any atom is 0.125 e. The molecule has 1 saturated carbocycles. The van der Waals surface area contributed by atoms with E-state index in [0.717, 1.165) is 17.2 Å². The van der Waals surface area contributed by atoms with Crippen molar-refractivity contribution in [2.75, 3.05) is 5.73 Å². The number of nitrogens with two attached hydrogens (primary N) is 1. The molecule has 0 saturated heterocycles. The summed E-state index contributed by atoms with van der Waals surface area (Å²) in [5, 5.41) is 0. The lowest BCUT2D eigenvalue weighted by Crippen LogP contribution is -2.13. The predicted molar refractivity (Wildman–Crippen MR) is 98.3 cm³/mol. The van der Waals surface area contributed by atoms with E-state index in [2.05, 4.69) is 18.0 Å². The van der Waals surface area contributed by atoms with Gasteiger partial charge in [-0.15, -0.1) is 0 Å². The Morgan fingerprint density at radius 2 is 1.92 bits per heavy atom. The highest BCUT2D eigenvalue weighted by Gasteiger charge is 2.22. The van der Waals surface area contributed by atoms with Crippen molar-refractivity contribution in [1.82, 2.24) is 4.98 Å². The summed E-state index contributed by atoms with van der Waals surface area (Å²) in [6, 6.07) is 8.73. The van der Waals surface area contributed by atoms with Crippen LogP contribution < -0.4 is 5.73 Å². The van der Waals surface area contributed by atoms with Crippen molar-refractivity contribution in [1.29, 1.82) is 0 Å². The zero-order valence-corrected chi connectivity index (χ0v) is 14.5. The highest BCUT2D eigenvalue weighted by atomic mass is 19.1. The van der Waals surface area contributed by atoms with Crippen molar-refractivity contribution in [2.45, 2.75) is 57.8 Å². The number of anilines is 1. The SMILES string of the molecule is CCCCC1CCC(c2ccc(-c3cc(N)cc(F)c3)nc2)CC1. The molecule has 3 rings (SSSR count). The van der Waals surface area contributed by atoms with Gasteiger partial charge >= 0.3 is 0 Å². The van der Waals surface area contributed by atoms with Crippen LogP contribution in [0, 0.1) is 11.7 Å². The summed E-state index contributed by atoms with van der Waals surface area (Å²) in [6.07, 6.45) is 11.2. The fourth-order valence-corrected chi connectivity index (χ4v) is 3.86. The molecular formula is C21H27FN2. The Kier molecular flexibility index (Phi) is 5.49. The molecule has 1 aromatic heterocycles. The Hall–Kier alpha value is -1.90. The lowest BCUT2D eigenvalue weighted by atomic mass is 9.77. The number of unbranched alkanes of at least 4 members (excludes halogenated alkanes) is 1. The Labute approximate surface area is 144 Å². The van der Waals surface area contributed by atoms with Crippen LogP contribution in [0.25, 0.3) is 11.3 Å². The van der Waals surface area contributed by atoms with Crippen LogP contribution in [0.4, 0.5) is 10.1 Å². The van der Waals surface area contributed by atoms with E-state index in [9.17, 15) is 4.39 Å². The molecule has 1 aliphatic carbocycles. The number of hydrogen-bond donors (Lipinski definition) is 1. The first-order valence-corrected chi connectivity index (χ1v) is 9.18. The van der Waals surface area contributed by atoms with Gasteiger partial charge in [0.2, 0.25) is 0 Å². The average molecular weight is 326 g/mol. The van der Waals surface area contributed by atoms with Gasteiger partial charge in [-0.05, 0) is 67.3 Å². The standard InChI is InChI=1S/C21H27FN2/c1-2-3-4-15-5-7-16(8-6-15)17-9-10-21(24-14-17)18-11-19(22)13-20(23)12-18/h9-16H,2-8,23H2,1H3. The summed E-state index contributed by atoms with van der Waals surface area (Å²) in [7, 11) is 0. The van der Waals surface area contributed by atoms with Crippen LogP contribution in [-0.4, -0.2) is 4.98 Å². The fourth-order valence-electron chi connectivity index (χ4n) is 3.86. The lowest BCUT2D eigenvalue weighted by molar-refractivity contribution is 0.304. The van der Waals surface area contributed by atoms with Crippen molar-refractivity contribution in [3.63, 3.8) is 0 Å². The van der Waals surface area contributed by atoms with Crippen molar-refractivity contribution < 1.29 is 4.39 Å². The first-order chi connectivity index (χ1) is 11.7. The first-order valence-electron chi connectivity index (χ1n) is 9.18. The number of rotatable bonds is 5. The van der Waals surface area contributed by atoms with Crippen LogP contribution in [0.5, 0.6) is 0 Å². The molecular weight excluding hydrogens is 299 g/mol. The zero-order valence-electron chi connectivity index (χ0n) is 14.5. The van der Waals surface area contributed by atoms with Gasteiger partial charge in [-0.2, -0.15) is 0 Å². The van der Waals surface area contributed by atoms with Gasteiger partial charge in [0.05, 0.1) is 5.69 Å². The Morgan fingerprint density at radius 1 is 1.12 bits per heavy atom. The van der Waals surface area contributed by atoms with E-state index in [1.807, 2.05) is 12.3 Å². The van der Waals surface area contributed by atoms with Gasteiger partial charge in [0.25, 0.3) is 0 Å². The van der Waals surface area contributed by atoms with Crippen molar-refractivity contribution in [3.8, 4) is 11.3 Å². The van der Waals surface area contributed by atoms with Gasteiger partial charge in [-0.1, -0.05) is 32.3 Å². The molecule has 128 valence electrons. The van der Waals surface area contributed by atoms with E-state index >= 15 is 0 Å². The minimum absolute atomic E-state index is 0.318. The minimum Gasteiger partial charge on any atom is -0.399 e. The second-order valence-corrected chi connectivity index (χ2v) is 7.11. The van der Waals surface area contributed by atoms with E-state index in [4.69, 9.17) is 5.73 Å². The normalized spacial score (nSPS) is 20.9. The maximum absolute atomic E-state index is 13.5. The quantitative estimate of drug-likeness (QED) is 0.691. The molecule has 0 amide bonds. The van der Waals surface area contributed by atoms with Crippen LogP contribution >= 0.6 is 0 Å². The maximum atomic E-state index is 13.5. The van der Waals surface area contributed by atoms with E-state index in [1.165, 1.54) is 62.6 Å². The third-order valence-electron chi connectivity index (χ3n) is 5.29. The highest BCUT2D eigenvalue weighted by Crippen LogP contribution is 2.37. The molecule has 1 aliphatic rings. The monoisotopic (exact) mass is 326 g/mol. The molecule has 1 fully saturated rings. The number of benzene rings is 1. The molecule has 1 aromatic carbocycles. The van der Waals surface area contributed by atoms with E-state index in [1.54, 1.807) is 6.07 Å². The Balaban J connectivity index is 1.65. The van der Waals surface area contributed by atoms with Crippen LogP contribution in [-0.2, 0) is 0 Å². The Bertz CT molecular complexity index is 638. The number of halogens is 1. The molecule has 2 N–H and O–H groups in total. The lowest BCUT2D eigenvalue weighted by Gasteiger charge is -2.28. The summed E-state index contributed by atoms with van der Waals surface area (Å²) in [5.41, 5.74) is 8.99. The molecule has 0 radical (unpaired) electrons. The predicted octanol–water partition coefficient (Wildman–Crippen LogP) is 5.93. The second-order valence-electron chi connectivity index (χ2n) is 7.11. The number of hydrogen-bond acceptors (Lipinski definition) is 2. The summed E-state index contributed by atoms with van der Waals surface area (Å²) >= 11 is 0. The number of aromatic nitrogens is 1. The van der Waals surface area contributed by atoms with Crippen LogP contribution in [0.3, 0.4) is 0 Å². The average Bonchev–Trinajstić information content (AvgIpc) is 2.60. The van der Waals surface area contributed by atoms with Gasteiger partial charge in [0.1, 0.15) is 5.82 Å². The van der Waals surface area contributed by atoms with E-state index in [-0.39, 0.29) is 5.82 Å². The molecule has 0 atom stereocenters. The van der Waals surface area contributed by atoms with Crippen LogP contribution in [0.1, 0.15) is 63.4 Å². The second kappa shape index (κ2) is 7.78. The molecule has 2 nitrogen and oxygen atoms in total. The van der Waals surface area contributed by atoms with E-state index in [0.29, 0.717) is 11.6 Å². The molecule has 0 aliphatic heterocycles. The fraction of sp³-hybridized carbons (Fsp3) is 0.476. The summed E-state index contributed by atoms with van der Waals surface area (Å²) in [6.45, 7) is 2.27. The molecule has 0 unspecified atom stereocenters. The smallest absolute Gasteiger partial charge is 0.125 e.